The van der Waals surface area contributed by atoms with Crippen LogP contribution in [0.4, 0.5) is 10.5 Å². The lowest BCUT2D eigenvalue weighted by atomic mass is 10.1. The van der Waals surface area contributed by atoms with Gasteiger partial charge in [0.25, 0.3) is 5.91 Å². The van der Waals surface area contributed by atoms with Crippen LogP contribution in [0.1, 0.15) is 25.5 Å². The van der Waals surface area contributed by atoms with E-state index in [4.69, 9.17) is 4.74 Å². The number of pyridine rings is 1. The lowest BCUT2D eigenvalue weighted by molar-refractivity contribution is -0.122. The number of carbonyl (C=O) groups is 2. The number of carbonyl (C=O) groups excluding carboxylic acids is 2. The van der Waals surface area contributed by atoms with Gasteiger partial charge in [-0.1, -0.05) is 6.07 Å². The maximum absolute atomic E-state index is 12.1. The number of aromatic nitrogens is 1. The molecular formula is C18H22N4O3. The molecular weight excluding hydrogens is 320 g/mol. The van der Waals surface area contributed by atoms with Crippen LogP contribution in [0.25, 0.3) is 0 Å². The first-order valence-electron chi connectivity index (χ1n) is 8.05. The Morgan fingerprint density at radius 3 is 2.68 bits per heavy atom. The molecule has 132 valence electrons. The fourth-order valence-electron chi connectivity index (χ4n) is 2.16. The van der Waals surface area contributed by atoms with Crippen molar-refractivity contribution in [2.75, 3.05) is 18.5 Å². The van der Waals surface area contributed by atoms with E-state index in [1.165, 1.54) is 0 Å². The molecule has 1 aromatic carbocycles. The van der Waals surface area contributed by atoms with E-state index in [2.05, 4.69) is 20.9 Å². The Balaban J connectivity index is 1.88. The molecule has 0 radical (unpaired) electrons. The van der Waals surface area contributed by atoms with Gasteiger partial charge in [-0.25, -0.2) is 4.79 Å². The van der Waals surface area contributed by atoms with Gasteiger partial charge in [-0.05, 0) is 43.7 Å². The number of rotatable bonds is 7. The fraction of sp³-hybridized carbons (Fsp3) is 0.278. The summed E-state index contributed by atoms with van der Waals surface area (Å²) in [6, 6.07) is 10.1. The Labute approximate surface area is 146 Å². The summed E-state index contributed by atoms with van der Waals surface area (Å²) in [4.78, 5) is 27.5. The van der Waals surface area contributed by atoms with Crippen LogP contribution in [0.5, 0.6) is 5.75 Å². The van der Waals surface area contributed by atoms with E-state index in [-0.39, 0.29) is 24.6 Å². The summed E-state index contributed by atoms with van der Waals surface area (Å²) in [6.45, 7) is 4.22. The third-order valence-corrected chi connectivity index (χ3v) is 3.39. The number of likely N-dealkylation sites (N-methyl/N-ethyl adjacent to an activating group) is 1. The molecule has 0 saturated heterocycles. The number of amides is 3. The van der Waals surface area contributed by atoms with Gasteiger partial charge in [-0.2, -0.15) is 0 Å². The number of hydrogen-bond donors (Lipinski definition) is 3. The van der Waals surface area contributed by atoms with E-state index >= 15 is 0 Å². The Kier molecular flexibility index (Phi) is 6.76. The van der Waals surface area contributed by atoms with Gasteiger partial charge in [0.15, 0.2) is 6.61 Å². The molecule has 7 heteroatoms. The first-order valence-corrected chi connectivity index (χ1v) is 8.05. The molecule has 0 fully saturated rings. The maximum Gasteiger partial charge on any atom is 0.319 e. The van der Waals surface area contributed by atoms with E-state index in [1.54, 1.807) is 36.7 Å². The first kappa shape index (κ1) is 18.3. The third-order valence-electron chi connectivity index (χ3n) is 3.39. The van der Waals surface area contributed by atoms with E-state index in [0.29, 0.717) is 18.0 Å². The van der Waals surface area contributed by atoms with Crippen LogP contribution in [0.3, 0.4) is 0 Å². The normalized spacial score (nSPS) is 11.3. The number of anilines is 1. The van der Waals surface area contributed by atoms with Crippen LogP contribution in [0.2, 0.25) is 0 Å². The minimum atomic E-state index is -0.329. The van der Waals surface area contributed by atoms with Gasteiger partial charge in [-0.15, -0.1) is 0 Å². The van der Waals surface area contributed by atoms with Crippen molar-refractivity contribution >= 4 is 17.6 Å². The lowest BCUT2D eigenvalue weighted by Gasteiger charge is -2.15. The predicted octanol–water partition coefficient (Wildman–Crippen LogP) is 2.48. The summed E-state index contributed by atoms with van der Waals surface area (Å²) < 4.78 is 5.40. The van der Waals surface area contributed by atoms with Crippen molar-refractivity contribution in [3.63, 3.8) is 0 Å². The molecule has 0 aliphatic rings. The highest BCUT2D eigenvalue weighted by Crippen LogP contribution is 2.18. The molecule has 0 saturated carbocycles. The largest absolute Gasteiger partial charge is 0.484 e. The van der Waals surface area contributed by atoms with Gasteiger partial charge in [-0.3, -0.25) is 9.78 Å². The molecule has 3 amide bonds. The van der Waals surface area contributed by atoms with Crippen molar-refractivity contribution in [3.8, 4) is 5.75 Å². The highest BCUT2D eigenvalue weighted by atomic mass is 16.5. The van der Waals surface area contributed by atoms with E-state index in [9.17, 15) is 9.59 Å². The summed E-state index contributed by atoms with van der Waals surface area (Å²) >= 11 is 0. The Bertz CT molecular complexity index is 706. The minimum absolute atomic E-state index is 0.0669. The van der Waals surface area contributed by atoms with Crippen LogP contribution in [-0.4, -0.2) is 30.1 Å². The van der Waals surface area contributed by atoms with Crippen molar-refractivity contribution in [1.29, 1.82) is 0 Å². The maximum atomic E-state index is 12.1. The molecule has 3 N–H and O–H groups in total. The molecule has 0 aliphatic carbocycles. The molecule has 1 unspecified atom stereocenters. The summed E-state index contributed by atoms with van der Waals surface area (Å²) in [7, 11) is 0. The van der Waals surface area contributed by atoms with Gasteiger partial charge in [0.05, 0.1) is 6.04 Å². The van der Waals surface area contributed by atoms with Crippen LogP contribution in [0.15, 0.2) is 48.8 Å². The number of urea groups is 1. The van der Waals surface area contributed by atoms with Crippen molar-refractivity contribution in [2.45, 2.75) is 19.9 Å². The number of nitrogens with zero attached hydrogens (tertiary/aromatic N) is 1. The Hall–Kier alpha value is -3.09. The van der Waals surface area contributed by atoms with Gasteiger partial charge in [0.1, 0.15) is 5.75 Å². The molecule has 2 aromatic rings. The SMILES string of the molecule is CCNC(=O)COc1cccc(NC(=O)NC(C)c2ccncc2)c1. The van der Waals surface area contributed by atoms with Crippen LogP contribution in [0, 0.1) is 0 Å². The highest BCUT2D eigenvalue weighted by Gasteiger charge is 2.10. The van der Waals surface area contributed by atoms with Gasteiger partial charge in [0, 0.05) is 30.7 Å². The number of ether oxygens (including phenoxy) is 1. The summed E-state index contributed by atoms with van der Waals surface area (Å²) in [5.74, 6) is 0.316. The predicted molar refractivity (Wildman–Crippen MR) is 95.4 cm³/mol. The molecule has 0 spiro atoms. The molecule has 1 heterocycles. The van der Waals surface area contributed by atoms with Gasteiger partial charge in [0.2, 0.25) is 0 Å². The number of nitrogens with one attached hydrogen (secondary N) is 3. The molecule has 0 bridgehead atoms. The van der Waals surface area contributed by atoms with Crippen molar-refractivity contribution < 1.29 is 14.3 Å². The molecule has 1 atom stereocenters. The van der Waals surface area contributed by atoms with Gasteiger partial charge >= 0.3 is 6.03 Å². The van der Waals surface area contributed by atoms with Gasteiger partial charge < -0.3 is 20.7 Å². The van der Waals surface area contributed by atoms with Crippen LogP contribution < -0.4 is 20.7 Å². The highest BCUT2D eigenvalue weighted by molar-refractivity contribution is 5.89. The topological polar surface area (TPSA) is 92.4 Å². The first-order chi connectivity index (χ1) is 12.1. The molecule has 7 nitrogen and oxygen atoms in total. The van der Waals surface area contributed by atoms with E-state index < -0.39 is 0 Å². The second-order valence-corrected chi connectivity index (χ2v) is 5.37. The smallest absolute Gasteiger partial charge is 0.319 e. The number of hydrogen-bond acceptors (Lipinski definition) is 4. The van der Waals surface area contributed by atoms with Crippen molar-refractivity contribution in [2.24, 2.45) is 0 Å². The summed E-state index contributed by atoms with van der Waals surface area (Å²) in [5.41, 5.74) is 1.54. The zero-order valence-electron chi connectivity index (χ0n) is 14.3. The van der Waals surface area contributed by atoms with Crippen LogP contribution in [-0.2, 0) is 4.79 Å². The van der Waals surface area contributed by atoms with Crippen molar-refractivity contribution in [1.82, 2.24) is 15.6 Å². The average Bonchev–Trinajstić information content (AvgIpc) is 2.61. The van der Waals surface area contributed by atoms with Crippen molar-refractivity contribution in [3.05, 3.63) is 54.4 Å². The van der Waals surface area contributed by atoms with Crippen LogP contribution >= 0.6 is 0 Å². The Morgan fingerprint density at radius 2 is 1.96 bits per heavy atom. The second-order valence-electron chi connectivity index (χ2n) is 5.37. The van der Waals surface area contributed by atoms with E-state index in [1.807, 2.05) is 26.0 Å². The number of benzene rings is 1. The lowest BCUT2D eigenvalue weighted by Crippen LogP contribution is -2.31. The second kappa shape index (κ2) is 9.27. The zero-order chi connectivity index (χ0) is 18.1. The minimum Gasteiger partial charge on any atom is -0.484 e. The fourth-order valence-corrected chi connectivity index (χ4v) is 2.16. The quantitative estimate of drug-likeness (QED) is 0.721. The molecule has 0 aliphatic heterocycles. The monoisotopic (exact) mass is 342 g/mol. The molecule has 2 rings (SSSR count). The standard InChI is InChI=1S/C18H22N4O3/c1-3-20-17(23)12-25-16-6-4-5-15(11-16)22-18(24)21-13(2)14-7-9-19-10-8-14/h4-11,13H,3,12H2,1-2H3,(H,20,23)(H2,21,22,24). The third kappa shape index (κ3) is 6.14. The molecule has 1 aromatic heterocycles. The summed E-state index contributed by atoms with van der Waals surface area (Å²) in [6.07, 6.45) is 3.36. The van der Waals surface area contributed by atoms with E-state index in [0.717, 1.165) is 5.56 Å². The molecule has 25 heavy (non-hydrogen) atoms. The Morgan fingerprint density at radius 1 is 1.20 bits per heavy atom. The zero-order valence-corrected chi connectivity index (χ0v) is 14.3. The average molecular weight is 342 g/mol. The summed E-state index contributed by atoms with van der Waals surface area (Å²) in [5, 5.41) is 8.25.